The van der Waals surface area contributed by atoms with Crippen LogP contribution in [0.2, 0.25) is 0 Å². The van der Waals surface area contributed by atoms with Gasteiger partial charge in [-0.15, -0.1) is 0 Å². The van der Waals surface area contributed by atoms with Crippen molar-refractivity contribution in [3.05, 3.63) is 35.9 Å². The van der Waals surface area contributed by atoms with Gasteiger partial charge in [0.05, 0.1) is 5.56 Å². The minimum Gasteiger partial charge on any atom is -0.507 e. The normalized spacial score (nSPS) is 18.5. The van der Waals surface area contributed by atoms with Crippen LogP contribution in [0, 0.1) is 0 Å². The Hall–Kier alpha value is -1.44. The van der Waals surface area contributed by atoms with E-state index in [-0.39, 0.29) is 0 Å². The van der Waals surface area contributed by atoms with Crippen LogP contribution in [0.1, 0.15) is 19.4 Å². The Bertz CT molecular complexity index is 364. The van der Waals surface area contributed by atoms with Gasteiger partial charge < -0.3 is 9.84 Å². The molecule has 0 saturated carbocycles. The quantitative estimate of drug-likeness (QED) is 0.658. The molecule has 1 aliphatic rings. The number of fused-ring (bicyclic) bond motifs is 1. The Morgan fingerprint density at radius 1 is 1.23 bits per heavy atom. The zero-order valence-electron chi connectivity index (χ0n) is 7.74. The number of aliphatic hydroxyl groups excluding tert-OH is 1. The molecule has 0 bridgehead atoms. The fourth-order valence-electron chi connectivity index (χ4n) is 1.49. The maximum absolute atomic E-state index is 9.68. The van der Waals surface area contributed by atoms with E-state index in [9.17, 15) is 5.11 Å². The Morgan fingerprint density at radius 2 is 1.92 bits per heavy atom. The first-order valence-electron chi connectivity index (χ1n) is 4.29. The molecule has 2 heteroatoms. The van der Waals surface area contributed by atoms with Crippen LogP contribution in [0.4, 0.5) is 0 Å². The van der Waals surface area contributed by atoms with E-state index in [4.69, 9.17) is 4.74 Å². The molecule has 1 N–H and O–H groups in total. The van der Waals surface area contributed by atoms with Crippen LogP contribution in [0.3, 0.4) is 0 Å². The van der Waals surface area contributed by atoms with Crippen LogP contribution in [-0.2, 0) is 0 Å². The highest BCUT2D eigenvalue weighted by Crippen LogP contribution is 2.33. The third kappa shape index (κ3) is 1.39. The SMILES string of the molecule is CC1(C)C=C(O)c2ccccc2O1. The molecule has 68 valence electrons. The first-order valence-corrected chi connectivity index (χ1v) is 4.29. The zero-order valence-corrected chi connectivity index (χ0v) is 7.74. The van der Waals surface area contributed by atoms with Crippen molar-refractivity contribution in [3.8, 4) is 5.75 Å². The van der Waals surface area contributed by atoms with Gasteiger partial charge in [-0.25, -0.2) is 0 Å². The van der Waals surface area contributed by atoms with E-state index in [2.05, 4.69) is 0 Å². The average molecular weight is 176 g/mol. The monoisotopic (exact) mass is 176 g/mol. The van der Waals surface area contributed by atoms with Crippen molar-refractivity contribution in [2.45, 2.75) is 19.4 Å². The van der Waals surface area contributed by atoms with E-state index in [0.717, 1.165) is 11.3 Å². The first-order chi connectivity index (χ1) is 6.08. The van der Waals surface area contributed by atoms with Gasteiger partial charge in [0.1, 0.15) is 17.1 Å². The van der Waals surface area contributed by atoms with Crippen LogP contribution in [0.25, 0.3) is 5.76 Å². The number of hydrogen-bond donors (Lipinski definition) is 1. The summed E-state index contributed by atoms with van der Waals surface area (Å²) in [6, 6.07) is 7.48. The molecular formula is C11H12O2. The van der Waals surface area contributed by atoms with E-state index >= 15 is 0 Å². The molecule has 1 heterocycles. The molecule has 1 aromatic rings. The van der Waals surface area contributed by atoms with Crippen molar-refractivity contribution in [1.82, 2.24) is 0 Å². The summed E-state index contributed by atoms with van der Waals surface area (Å²) in [6.45, 7) is 3.83. The topological polar surface area (TPSA) is 29.5 Å². The van der Waals surface area contributed by atoms with E-state index in [1.54, 1.807) is 6.08 Å². The molecule has 2 nitrogen and oxygen atoms in total. The second kappa shape index (κ2) is 2.52. The highest BCUT2D eigenvalue weighted by Gasteiger charge is 2.25. The number of ether oxygens (including phenoxy) is 1. The molecule has 1 aromatic carbocycles. The second-order valence-electron chi connectivity index (χ2n) is 3.73. The fraction of sp³-hybridized carbons (Fsp3) is 0.273. The lowest BCUT2D eigenvalue weighted by atomic mass is 10.0. The summed E-state index contributed by atoms with van der Waals surface area (Å²) in [5, 5.41) is 9.68. The first kappa shape index (κ1) is 8.17. The minimum absolute atomic E-state index is 0.298. The van der Waals surface area contributed by atoms with Crippen LogP contribution in [0.15, 0.2) is 30.3 Å². The van der Waals surface area contributed by atoms with Crippen molar-refractivity contribution in [3.63, 3.8) is 0 Å². The van der Waals surface area contributed by atoms with Crippen LogP contribution < -0.4 is 4.74 Å². The number of benzene rings is 1. The molecule has 0 unspecified atom stereocenters. The summed E-state index contributed by atoms with van der Waals surface area (Å²) in [6.07, 6.45) is 1.72. The van der Waals surface area contributed by atoms with Gasteiger partial charge in [-0.3, -0.25) is 0 Å². The summed E-state index contributed by atoms with van der Waals surface area (Å²) in [4.78, 5) is 0. The lowest BCUT2D eigenvalue weighted by Gasteiger charge is -2.28. The van der Waals surface area contributed by atoms with Crippen LogP contribution in [0.5, 0.6) is 5.75 Å². The lowest BCUT2D eigenvalue weighted by Crippen LogP contribution is -2.28. The van der Waals surface area contributed by atoms with Crippen molar-refractivity contribution in [2.75, 3.05) is 0 Å². The van der Waals surface area contributed by atoms with Crippen molar-refractivity contribution in [2.24, 2.45) is 0 Å². The Kier molecular flexibility index (Phi) is 1.59. The Labute approximate surface area is 77.5 Å². The van der Waals surface area contributed by atoms with Gasteiger partial charge in [0.2, 0.25) is 0 Å². The van der Waals surface area contributed by atoms with E-state index < -0.39 is 5.60 Å². The Morgan fingerprint density at radius 3 is 2.69 bits per heavy atom. The van der Waals surface area contributed by atoms with E-state index in [1.807, 2.05) is 38.1 Å². The highest BCUT2D eigenvalue weighted by molar-refractivity contribution is 5.67. The molecule has 0 saturated heterocycles. The fourth-order valence-corrected chi connectivity index (χ4v) is 1.49. The predicted octanol–water partition coefficient (Wildman–Crippen LogP) is 2.76. The molecule has 13 heavy (non-hydrogen) atoms. The highest BCUT2D eigenvalue weighted by atomic mass is 16.5. The molecule has 0 spiro atoms. The number of hydrogen-bond acceptors (Lipinski definition) is 2. The summed E-state index contributed by atoms with van der Waals surface area (Å²) >= 11 is 0. The van der Waals surface area contributed by atoms with Gasteiger partial charge in [0, 0.05) is 6.08 Å². The third-order valence-corrected chi connectivity index (χ3v) is 2.02. The predicted molar refractivity (Wildman–Crippen MR) is 51.8 cm³/mol. The molecule has 0 fully saturated rings. The maximum atomic E-state index is 9.68. The van der Waals surface area contributed by atoms with Gasteiger partial charge in [-0.05, 0) is 26.0 Å². The van der Waals surface area contributed by atoms with Gasteiger partial charge in [0.25, 0.3) is 0 Å². The van der Waals surface area contributed by atoms with Gasteiger partial charge in [-0.2, -0.15) is 0 Å². The van der Waals surface area contributed by atoms with E-state index in [1.165, 1.54) is 0 Å². The van der Waals surface area contributed by atoms with E-state index in [0.29, 0.717) is 5.76 Å². The lowest BCUT2D eigenvalue weighted by molar-refractivity contribution is 0.154. The number of aliphatic hydroxyl groups is 1. The summed E-state index contributed by atoms with van der Waals surface area (Å²) in [7, 11) is 0. The maximum Gasteiger partial charge on any atom is 0.131 e. The summed E-state index contributed by atoms with van der Waals surface area (Å²) in [5.41, 5.74) is 0.347. The average Bonchev–Trinajstić information content (AvgIpc) is 2.02. The van der Waals surface area contributed by atoms with Gasteiger partial charge >= 0.3 is 0 Å². The molecule has 0 aliphatic carbocycles. The molecule has 1 aliphatic heterocycles. The zero-order chi connectivity index (χ0) is 9.47. The van der Waals surface area contributed by atoms with Crippen LogP contribution in [-0.4, -0.2) is 10.7 Å². The smallest absolute Gasteiger partial charge is 0.131 e. The van der Waals surface area contributed by atoms with Crippen molar-refractivity contribution >= 4 is 5.76 Å². The number of para-hydroxylation sites is 1. The molecule has 0 radical (unpaired) electrons. The molecule has 0 aromatic heterocycles. The summed E-state index contributed by atoms with van der Waals surface area (Å²) < 4.78 is 5.65. The van der Waals surface area contributed by atoms with Crippen molar-refractivity contribution in [1.29, 1.82) is 0 Å². The molecule has 0 amide bonds. The van der Waals surface area contributed by atoms with Gasteiger partial charge in [0.15, 0.2) is 0 Å². The minimum atomic E-state index is -0.418. The standard InChI is InChI=1S/C11H12O2/c1-11(2)7-9(12)8-5-3-4-6-10(8)13-11/h3-7,12H,1-2H3. The third-order valence-electron chi connectivity index (χ3n) is 2.02. The molecule has 2 rings (SSSR count). The van der Waals surface area contributed by atoms with Crippen LogP contribution >= 0.6 is 0 Å². The Balaban J connectivity index is 2.55. The number of rotatable bonds is 0. The molecular weight excluding hydrogens is 164 g/mol. The second-order valence-corrected chi connectivity index (χ2v) is 3.73. The van der Waals surface area contributed by atoms with Crippen molar-refractivity contribution < 1.29 is 9.84 Å². The summed E-state index contributed by atoms with van der Waals surface area (Å²) in [5.74, 6) is 1.04. The largest absolute Gasteiger partial charge is 0.507 e. The van der Waals surface area contributed by atoms with Gasteiger partial charge in [-0.1, -0.05) is 12.1 Å². The molecule has 0 atom stereocenters.